The van der Waals surface area contributed by atoms with Crippen molar-refractivity contribution in [3.63, 3.8) is 0 Å². The zero-order valence-corrected chi connectivity index (χ0v) is 10.6. The molecular formula is C11H19N3O2S. The Morgan fingerprint density at radius 2 is 2.12 bits per heavy atom. The Kier molecular flexibility index (Phi) is 3.81. The average Bonchev–Trinajstić information content (AvgIpc) is 2.99. The van der Waals surface area contributed by atoms with Crippen LogP contribution >= 0.6 is 11.8 Å². The first-order valence-corrected chi connectivity index (χ1v) is 7.14. The van der Waals surface area contributed by atoms with E-state index in [9.17, 15) is 4.79 Å². The Labute approximate surface area is 105 Å². The first-order chi connectivity index (χ1) is 8.18. The molecule has 1 heterocycles. The summed E-state index contributed by atoms with van der Waals surface area (Å²) in [7, 11) is 0. The van der Waals surface area contributed by atoms with Crippen LogP contribution in [0.2, 0.25) is 0 Å². The Morgan fingerprint density at radius 3 is 2.65 bits per heavy atom. The summed E-state index contributed by atoms with van der Waals surface area (Å²) in [6.45, 7) is 0. The Bertz CT molecular complexity index is 321. The van der Waals surface area contributed by atoms with E-state index in [0.29, 0.717) is 0 Å². The van der Waals surface area contributed by atoms with Crippen LogP contribution in [0.25, 0.3) is 0 Å². The second-order valence-corrected chi connectivity index (χ2v) is 6.08. The molecule has 17 heavy (non-hydrogen) atoms. The number of oxime groups is 1. The third-order valence-electron chi connectivity index (χ3n) is 3.64. The molecule has 2 fully saturated rings. The predicted octanol–water partition coefficient (Wildman–Crippen LogP) is 1.06. The number of rotatable bonds is 3. The normalized spacial score (nSPS) is 28.2. The number of hydrogen-bond acceptors (Lipinski definition) is 4. The van der Waals surface area contributed by atoms with Crippen molar-refractivity contribution >= 4 is 23.5 Å². The second kappa shape index (κ2) is 5.16. The lowest BCUT2D eigenvalue weighted by molar-refractivity contribution is -0.121. The van der Waals surface area contributed by atoms with Crippen molar-refractivity contribution in [3.8, 4) is 0 Å². The van der Waals surface area contributed by atoms with Gasteiger partial charge in [0.15, 0.2) is 5.84 Å². The highest BCUT2D eigenvalue weighted by Gasteiger charge is 2.41. The maximum atomic E-state index is 12.1. The number of amidine groups is 1. The molecule has 1 saturated heterocycles. The molecule has 5 nitrogen and oxygen atoms in total. The summed E-state index contributed by atoms with van der Waals surface area (Å²) in [6, 6.07) is 0. The molecule has 0 bridgehead atoms. The monoisotopic (exact) mass is 257 g/mol. The third-order valence-corrected chi connectivity index (χ3v) is 5.02. The van der Waals surface area contributed by atoms with Crippen LogP contribution in [0.3, 0.4) is 0 Å². The van der Waals surface area contributed by atoms with E-state index in [-0.39, 0.29) is 17.0 Å². The second-order valence-electron chi connectivity index (χ2n) is 4.77. The van der Waals surface area contributed by atoms with Gasteiger partial charge in [-0.25, -0.2) is 0 Å². The van der Waals surface area contributed by atoms with Gasteiger partial charge in [0, 0.05) is 0 Å². The van der Waals surface area contributed by atoms with Gasteiger partial charge < -0.3 is 16.3 Å². The summed E-state index contributed by atoms with van der Waals surface area (Å²) >= 11 is 1.70. The summed E-state index contributed by atoms with van der Waals surface area (Å²) in [5, 5.41) is 15.0. The number of amides is 1. The lowest BCUT2D eigenvalue weighted by atomic mass is 9.95. The minimum Gasteiger partial charge on any atom is -0.409 e. The molecule has 0 spiro atoms. The Hall–Kier alpha value is -0.910. The highest BCUT2D eigenvalue weighted by Crippen LogP contribution is 2.32. The van der Waals surface area contributed by atoms with E-state index in [2.05, 4.69) is 10.5 Å². The van der Waals surface area contributed by atoms with E-state index in [1.807, 2.05) is 0 Å². The van der Waals surface area contributed by atoms with Crippen LogP contribution in [-0.4, -0.2) is 33.5 Å². The molecule has 4 N–H and O–H groups in total. The SMILES string of the molecule is NC(=NO)C1(NC(=O)C2CCCS2)CCCC1. The molecule has 0 aromatic carbocycles. The summed E-state index contributed by atoms with van der Waals surface area (Å²) in [5.74, 6) is 1.24. The van der Waals surface area contributed by atoms with Crippen LogP contribution in [0.15, 0.2) is 5.16 Å². The number of hydrogen-bond donors (Lipinski definition) is 3. The van der Waals surface area contributed by atoms with Crippen LogP contribution in [0.5, 0.6) is 0 Å². The number of thioether (sulfide) groups is 1. The van der Waals surface area contributed by atoms with Crippen LogP contribution in [0.4, 0.5) is 0 Å². The van der Waals surface area contributed by atoms with E-state index >= 15 is 0 Å². The van der Waals surface area contributed by atoms with Crippen LogP contribution in [0, 0.1) is 0 Å². The zero-order valence-electron chi connectivity index (χ0n) is 9.82. The molecule has 0 radical (unpaired) electrons. The number of nitrogens with zero attached hydrogens (tertiary/aromatic N) is 1. The van der Waals surface area contributed by atoms with Crippen molar-refractivity contribution in [2.24, 2.45) is 10.9 Å². The van der Waals surface area contributed by atoms with Gasteiger partial charge in [0.05, 0.1) is 5.25 Å². The van der Waals surface area contributed by atoms with E-state index in [1.165, 1.54) is 0 Å². The zero-order chi connectivity index (χ0) is 12.3. The van der Waals surface area contributed by atoms with Gasteiger partial charge in [-0.1, -0.05) is 18.0 Å². The van der Waals surface area contributed by atoms with E-state index in [1.54, 1.807) is 11.8 Å². The summed E-state index contributed by atoms with van der Waals surface area (Å²) < 4.78 is 0. The first-order valence-electron chi connectivity index (χ1n) is 6.09. The van der Waals surface area contributed by atoms with E-state index in [0.717, 1.165) is 44.3 Å². The van der Waals surface area contributed by atoms with Crippen molar-refractivity contribution in [1.29, 1.82) is 0 Å². The third kappa shape index (κ3) is 2.51. The predicted molar refractivity (Wildman–Crippen MR) is 68.2 cm³/mol. The fraction of sp³-hybridized carbons (Fsp3) is 0.818. The van der Waals surface area contributed by atoms with Crippen molar-refractivity contribution in [3.05, 3.63) is 0 Å². The molecule has 6 heteroatoms. The molecule has 96 valence electrons. The fourth-order valence-electron chi connectivity index (χ4n) is 2.62. The highest BCUT2D eigenvalue weighted by atomic mass is 32.2. The smallest absolute Gasteiger partial charge is 0.233 e. The lowest BCUT2D eigenvalue weighted by Gasteiger charge is -2.29. The molecule has 0 aromatic rings. The molecule has 2 rings (SSSR count). The summed E-state index contributed by atoms with van der Waals surface area (Å²) in [6.07, 6.45) is 5.59. The van der Waals surface area contributed by atoms with Crippen LogP contribution in [0.1, 0.15) is 38.5 Å². The van der Waals surface area contributed by atoms with Gasteiger partial charge in [-0.05, 0) is 31.4 Å². The van der Waals surface area contributed by atoms with Gasteiger partial charge in [-0.3, -0.25) is 4.79 Å². The van der Waals surface area contributed by atoms with Gasteiger partial charge in [-0.15, -0.1) is 11.8 Å². The molecule has 1 atom stereocenters. The van der Waals surface area contributed by atoms with E-state index in [4.69, 9.17) is 10.9 Å². The van der Waals surface area contributed by atoms with Gasteiger partial charge in [0.1, 0.15) is 5.54 Å². The maximum absolute atomic E-state index is 12.1. The van der Waals surface area contributed by atoms with Crippen molar-refractivity contribution in [1.82, 2.24) is 5.32 Å². The molecule has 0 aromatic heterocycles. The largest absolute Gasteiger partial charge is 0.409 e. The van der Waals surface area contributed by atoms with Crippen molar-refractivity contribution < 1.29 is 10.0 Å². The summed E-state index contributed by atoms with van der Waals surface area (Å²) in [4.78, 5) is 12.1. The number of nitrogens with one attached hydrogen (secondary N) is 1. The van der Waals surface area contributed by atoms with E-state index < -0.39 is 5.54 Å². The standard InChI is InChI=1S/C11H19N3O2S/c12-10(14-16)11(5-1-2-6-11)13-9(15)8-4-3-7-17-8/h8,16H,1-7H2,(H2,12,14)(H,13,15). The van der Waals surface area contributed by atoms with Gasteiger partial charge >= 0.3 is 0 Å². The van der Waals surface area contributed by atoms with Crippen molar-refractivity contribution in [2.75, 3.05) is 5.75 Å². The summed E-state index contributed by atoms with van der Waals surface area (Å²) in [5.41, 5.74) is 5.14. The topological polar surface area (TPSA) is 87.7 Å². The Morgan fingerprint density at radius 1 is 1.41 bits per heavy atom. The average molecular weight is 257 g/mol. The molecule has 1 aliphatic carbocycles. The molecule has 1 saturated carbocycles. The highest BCUT2D eigenvalue weighted by molar-refractivity contribution is 8.00. The quantitative estimate of drug-likeness (QED) is 0.305. The van der Waals surface area contributed by atoms with Crippen molar-refractivity contribution in [2.45, 2.75) is 49.3 Å². The maximum Gasteiger partial charge on any atom is 0.233 e. The van der Waals surface area contributed by atoms with Gasteiger partial charge in [0.25, 0.3) is 0 Å². The minimum atomic E-state index is -0.602. The molecular weight excluding hydrogens is 238 g/mol. The molecule has 1 aliphatic heterocycles. The lowest BCUT2D eigenvalue weighted by Crippen LogP contribution is -2.57. The Balaban J connectivity index is 2.05. The fourth-order valence-corrected chi connectivity index (χ4v) is 3.78. The van der Waals surface area contributed by atoms with Crippen LogP contribution < -0.4 is 11.1 Å². The van der Waals surface area contributed by atoms with Gasteiger partial charge in [0.2, 0.25) is 5.91 Å². The minimum absolute atomic E-state index is 0.0407. The molecule has 1 amide bonds. The molecule has 1 unspecified atom stereocenters. The number of carbonyl (C=O) groups excluding carboxylic acids is 1. The van der Waals surface area contributed by atoms with Crippen LogP contribution in [-0.2, 0) is 4.79 Å². The number of carbonyl (C=O) groups is 1. The first kappa shape index (κ1) is 12.5. The number of nitrogens with two attached hydrogens (primary N) is 1. The molecule has 2 aliphatic rings. The van der Waals surface area contributed by atoms with Gasteiger partial charge in [-0.2, -0.15) is 0 Å².